The summed E-state index contributed by atoms with van der Waals surface area (Å²) in [5, 5.41) is 7.45. The zero-order valence-corrected chi connectivity index (χ0v) is 15.4. The monoisotopic (exact) mass is 359 g/mol. The van der Waals surface area contributed by atoms with Crippen LogP contribution in [0.3, 0.4) is 0 Å². The highest BCUT2D eigenvalue weighted by molar-refractivity contribution is 6.13. The molecule has 0 saturated carbocycles. The van der Waals surface area contributed by atoms with Crippen molar-refractivity contribution in [2.24, 2.45) is 12.0 Å². The minimum Gasteiger partial charge on any atom is -0.349 e. The number of benzene rings is 1. The predicted molar refractivity (Wildman–Crippen MR) is 103 cm³/mol. The molecule has 27 heavy (non-hydrogen) atoms. The average molecular weight is 359 g/mol. The molecule has 0 aliphatic carbocycles. The quantitative estimate of drug-likeness (QED) is 0.761. The Hall–Kier alpha value is -3.28. The third-order valence-electron chi connectivity index (χ3n) is 4.68. The van der Waals surface area contributed by atoms with Crippen molar-refractivity contribution in [1.82, 2.24) is 20.1 Å². The van der Waals surface area contributed by atoms with E-state index in [1.807, 2.05) is 62.6 Å². The number of rotatable bonds is 5. The molecule has 1 N–H and O–H groups in total. The maximum absolute atomic E-state index is 12.4. The summed E-state index contributed by atoms with van der Waals surface area (Å²) in [5.41, 5.74) is 5.64. The van der Waals surface area contributed by atoms with Gasteiger partial charge in [-0.3, -0.25) is 19.5 Å². The van der Waals surface area contributed by atoms with E-state index in [9.17, 15) is 4.79 Å². The lowest BCUT2D eigenvalue weighted by Gasteiger charge is -2.14. The van der Waals surface area contributed by atoms with Crippen LogP contribution in [-0.4, -0.2) is 26.4 Å². The van der Waals surface area contributed by atoms with Crippen LogP contribution in [0.15, 0.2) is 59.9 Å². The summed E-state index contributed by atoms with van der Waals surface area (Å²) in [6.45, 7) is 2.58. The number of carbonyl (C=O) groups excluding carboxylic acids is 1. The third-order valence-corrected chi connectivity index (χ3v) is 4.68. The van der Waals surface area contributed by atoms with Gasteiger partial charge in [0, 0.05) is 25.0 Å². The van der Waals surface area contributed by atoms with Gasteiger partial charge in [0.1, 0.15) is 5.69 Å². The van der Waals surface area contributed by atoms with Gasteiger partial charge in [0.2, 0.25) is 5.91 Å². The second-order valence-electron chi connectivity index (χ2n) is 6.75. The molecule has 0 radical (unpaired) electrons. The minimum absolute atomic E-state index is 0.0350. The summed E-state index contributed by atoms with van der Waals surface area (Å²) in [4.78, 5) is 21.5. The lowest BCUT2D eigenvalue weighted by molar-refractivity contribution is -0.121. The number of aryl methyl sites for hydroxylation is 1. The molecule has 0 unspecified atom stereocenters. The molecule has 1 aliphatic rings. The normalized spacial score (nSPS) is 13.8. The summed E-state index contributed by atoms with van der Waals surface area (Å²) < 4.78 is 1.76. The standard InChI is InChI=1S/C21H21N5O/c1-14(15-6-4-3-5-7-15)24-20(27)11-17-10-16-12-23-21(18(16)13-22-17)19-8-9-26(2)25-19/h3-10,13-14H,11-12H2,1-2H3,(H,24,27)/t14-/m1/s1. The summed E-state index contributed by atoms with van der Waals surface area (Å²) in [7, 11) is 1.89. The van der Waals surface area contributed by atoms with E-state index in [0.29, 0.717) is 6.54 Å². The molecule has 0 saturated heterocycles. The Bertz CT molecular complexity index is 1010. The SMILES string of the molecule is C[C@@H](NC(=O)Cc1cc2c(cn1)C(c1ccn(C)n1)=NC2)c1ccccc1. The highest BCUT2D eigenvalue weighted by Gasteiger charge is 2.21. The van der Waals surface area contributed by atoms with Crippen molar-refractivity contribution < 1.29 is 4.79 Å². The van der Waals surface area contributed by atoms with Crippen LogP contribution in [0.4, 0.5) is 0 Å². The maximum Gasteiger partial charge on any atom is 0.226 e. The van der Waals surface area contributed by atoms with Crippen LogP contribution in [0.2, 0.25) is 0 Å². The molecule has 6 heteroatoms. The molecule has 1 atom stereocenters. The Morgan fingerprint density at radius 1 is 1.26 bits per heavy atom. The number of aliphatic imine (C=N–C) groups is 1. The molecule has 0 spiro atoms. The lowest BCUT2D eigenvalue weighted by Crippen LogP contribution is -2.28. The van der Waals surface area contributed by atoms with Crippen molar-refractivity contribution in [3.8, 4) is 0 Å². The van der Waals surface area contributed by atoms with Crippen molar-refractivity contribution in [2.45, 2.75) is 25.9 Å². The van der Waals surface area contributed by atoms with Gasteiger partial charge in [-0.15, -0.1) is 0 Å². The van der Waals surface area contributed by atoms with Crippen LogP contribution in [0, 0.1) is 0 Å². The zero-order chi connectivity index (χ0) is 18.8. The molecular weight excluding hydrogens is 338 g/mol. The van der Waals surface area contributed by atoms with E-state index < -0.39 is 0 Å². The molecular formula is C21H21N5O. The van der Waals surface area contributed by atoms with Crippen LogP contribution >= 0.6 is 0 Å². The van der Waals surface area contributed by atoms with Gasteiger partial charge in [0.05, 0.1) is 30.4 Å². The Morgan fingerprint density at radius 3 is 2.81 bits per heavy atom. The molecule has 6 nitrogen and oxygen atoms in total. The number of nitrogens with zero attached hydrogens (tertiary/aromatic N) is 4. The van der Waals surface area contributed by atoms with E-state index in [-0.39, 0.29) is 18.4 Å². The van der Waals surface area contributed by atoms with Gasteiger partial charge in [-0.1, -0.05) is 30.3 Å². The van der Waals surface area contributed by atoms with Gasteiger partial charge in [0.25, 0.3) is 0 Å². The number of amides is 1. The van der Waals surface area contributed by atoms with Gasteiger partial charge >= 0.3 is 0 Å². The van der Waals surface area contributed by atoms with Crippen LogP contribution in [0.5, 0.6) is 0 Å². The fourth-order valence-electron chi connectivity index (χ4n) is 3.28. The fourth-order valence-corrected chi connectivity index (χ4v) is 3.28. The van der Waals surface area contributed by atoms with Crippen molar-refractivity contribution in [1.29, 1.82) is 0 Å². The van der Waals surface area contributed by atoms with Gasteiger partial charge in [-0.05, 0) is 30.2 Å². The molecule has 1 amide bonds. The zero-order valence-electron chi connectivity index (χ0n) is 15.4. The van der Waals surface area contributed by atoms with E-state index >= 15 is 0 Å². The molecule has 4 rings (SSSR count). The third kappa shape index (κ3) is 3.65. The van der Waals surface area contributed by atoms with Crippen LogP contribution in [-0.2, 0) is 24.8 Å². The number of pyridine rings is 1. The van der Waals surface area contributed by atoms with Crippen LogP contribution in [0.25, 0.3) is 0 Å². The highest BCUT2D eigenvalue weighted by Crippen LogP contribution is 2.22. The first kappa shape index (κ1) is 17.1. The first-order valence-electron chi connectivity index (χ1n) is 8.97. The van der Waals surface area contributed by atoms with Gasteiger partial charge < -0.3 is 5.32 Å². The van der Waals surface area contributed by atoms with E-state index in [2.05, 4.69) is 20.4 Å². The molecule has 0 fully saturated rings. The largest absolute Gasteiger partial charge is 0.349 e. The summed E-state index contributed by atoms with van der Waals surface area (Å²) in [6, 6.07) is 13.8. The van der Waals surface area contributed by atoms with Crippen LogP contribution in [0.1, 0.15) is 41.0 Å². The summed E-state index contributed by atoms with van der Waals surface area (Å²) in [5.74, 6) is -0.0392. The Morgan fingerprint density at radius 2 is 2.07 bits per heavy atom. The van der Waals surface area contributed by atoms with E-state index in [1.54, 1.807) is 10.9 Å². The number of fused-ring (bicyclic) bond motifs is 1. The molecule has 2 aromatic heterocycles. The number of aromatic nitrogens is 3. The average Bonchev–Trinajstić information content (AvgIpc) is 3.27. The Kier molecular flexibility index (Phi) is 4.54. The van der Waals surface area contributed by atoms with Crippen molar-refractivity contribution in [3.63, 3.8) is 0 Å². The summed E-state index contributed by atoms with van der Waals surface area (Å²) >= 11 is 0. The predicted octanol–water partition coefficient (Wildman–Crippen LogP) is 2.59. The molecule has 0 bridgehead atoms. The first-order valence-corrected chi connectivity index (χ1v) is 8.97. The molecule has 3 aromatic rings. The molecule has 3 heterocycles. The highest BCUT2D eigenvalue weighted by atomic mass is 16.1. The fraction of sp³-hybridized carbons (Fsp3) is 0.238. The number of carbonyl (C=O) groups is 1. The topological polar surface area (TPSA) is 72.2 Å². The van der Waals surface area contributed by atoms with E-state index in [4.69, 9.17) is 0 Å². The Balaban J connectivity index is 1.44. The smallest absolute Gasteiger partial charge is 0.226 e. The molecule has 1 aromatic carbocycles. The Labute approximate surface area is 158 Å². The van der Waals surface area contributed by atoms with Crippen molar-refractivity contribution in [2.75, 3.05) is 0 Å². The maximum atomic E-state index is 12.4. The van der Waals surface area contributed by atoms with Gasteiger partial charge in [0.15, 0.2) is 0 Å². The molecule has 136 valence electrons. The first-order chi connectivity index (χ1) is 13.1. The second kappa shape index (κ2) is 7.15. The van der Waals surface area contributed by atoms with Gasteiger partial charge in [-0.25, -0.2) is 0 Å². The van der Waals surface area contributed by atoms with Crippen LogP contribution < -0.4 is 5.32 Å². The molecule has 1 aliphatic heterocycles. The second-order valence-corrected chi connectivity index (χ2v) is 6.75. The van der Waals surface area contributed by atoms with Gasteiger partial charge in [-0.2, -0.15) is 5.10 Å². The number of hydrogen-bond acceptors (Lipinski definition) is 4. The minimum atomic E-state index is -0.0392. The number of hydrogen-bond donors (Lipinski definition) is 1. The number of nitrogens with one attached hydrogen (secondary N) is 1. The van der Waals surface area contributed by atoms with E-state index in [1.165, 1.54) is 0 Å². The van der Waals surface area contributed by atoms with Crippen molar-refractivity contribution in [3.05, 3.63) is 82.9 Å². The van der Waals surface area contributed by atoms with Crippen molar-refractivity contribution >= 4 is 11.6 Å². The lowest BCUT2D eigenvalue weighted by atomic mass is 10.0. The van der Waals surface area contributed by atoms with E-state index in [0.717, 1.165) is 33.8 Å². The summed E-state index contributed by atoms with van der Waals surface area (Å²) in [6.07, 6.45) is 3.96.